The number of aromatic nitrogens is 4. The van der Waals surface area contributed by atoms with Crippen LogP contribution in [0.5, 0.6) is 0 Å². The maximum Gasteiger partial charge on any atom is 0.254 e. The number of carbonyl (C=O) groups is 1. The summed E-state index contributed by atoms with van der Waals surface area (Å²) in [6, 6.07) is 10.5. The third kappa shape index (κ3) is 5.52. The summed E-state index contributed by atoms with van der Waals surface area (Å²) < 4.78 is 39.5. The van der Waals surface area contributed by atoms with Gasteiger partial charge in [-0.3, -0.25) is 4.79 Å². The summed E-state index contributed by atoms with van der Waals surface area (Å²) in [6.07, 6.45) is 2.27. The van der Waals surface area contributed by atoms with Crippen molar-refractivity contribution in [2.24, 2.45) is 5.73 Å². The van der Waals surface area contributed by atoms with Crippen LogP contribution in [0.4, 0.5) is 8.78 Å². The Hall–Kier alpha value is -4.29. The zero-order valence-electron chi connectivity index (χ0n) is 22.3. The van der Waals surface area contributed by atoms with E-state index in [4.69, 9.17) is 14.6 Å². The van der Waals surface area contributed by atoms with Crippen LogP contribution >= 0.6 is 11.3 Å². The van der Waals surface area contributed by atoms with Crippen LogP contribution in [-0.4, -0.2) is 43.7 Å². The topological polar surface area (TPSA) is 124 Å². The number of halogens is 2. The first-order valence-corrected chi connectivity index (χ1v) is 13.8. The van der Waals surface area contributed by atoms with Crippen LogP contribution in [0, 0.1) is 12.7 Å². The molecule has 0 spiro atoms. The summed E-state index contributed by atoms with van der Waals surface area (Å²) in [4.78, 5) is 24.1. The number of hydrogen-bond donors (Lipinski definition) is 1. The molecular weight excluding hydrogens is 550 g/mol. The summed E-state index contributed by atoms with van der Waals surface area (Å²) in [6.45, 7) is 3.57. The first kappa shape index (κ1) is 26.9. The van der Waals surface area contributed by atoms with Crippen LogP contribution in [0.15, 0.2) is 69.1 Å². The Morgan fingerprint density at radius 1 is 1.17 bits per heavy atom. The average Bonchev–Trinajstić information content (AvgIpc) is 3.76. The molecular formula is C29H26F2N6O3S. The Bertz CT molecular complexity index is 1680. The van der Waals surface area contributed by atoms with Gasteiger partial charge in [-0.25, -0.2) is 18.7 Å². The van der Waals surface area contributed by atoms with Crippen LogP contribution in [0.3, 0.4) is 0 Å². The van der Waals surface area contributed by atoms with Crippen molar-refractivity contribution < 1.29 is 22.4 Å². The molecule has 0 bridgehead atoms. The van der Waals surface area contributed by atoms with Gasteiger partial charge in [-0.15, -0.1) is 21.5 Å². The fraction of sp³-hybridized carbons (Fsp3) is 0.276. The summed E-state index contributed by atoms with van der Waals surface area (Å²) in [5.74, 6) is -0.108. The van der Waals surface area contributed by atoms with E-state index >= 15 is 0 Å². The second-order valence-corrected chi connectivity index (χ2v) is 11.3. The number of benzene rings is 2. The normalized spacial score (nSPS) is 18.5. The summed E-state index contributed by atoms with van der Waals surface area (Å²) >= 11 is 1.41. The molecule has 6 rings (SSSR count). The van der Waals surface area contributed by atoms with Crippen LogP contribution in [0.25, 0.3) is 22.9 Å². The number of carbonyl (C=O) groups excluding carboxylic acids is 1. The van der Waals surface area contributed by atoms with Gasteiger partial charge in [-0.2, -0.15) is 0 Å². The van der Waals surface area contributed by atoms with Crippen molar-refractivity contribution in [1.29, 1.82) is 0 Å². The van der Waals surface area contributed by atoms with Gasteiger partial charge in [-0.05, 0) is 56.2 Å². The highest BCUT2D eigenvalue weighted by atomic mass is 32.1. The molecule has 1 aliphatic heterocycles. The van der Waals surface area contributed by atoms with E-state index in [1.807, 2.05) is 12.3 Å². The van der Waals surface area contributed by atoms with Gasteiger partial charge in [0.1, 0.15) is 23.3 Å². The Balaban J connectivity index is 1.34. The van der Waals surface area contributed by atoms with E-state index in [-0.39, 0.29) is 47.9 Å². The standard InChI is InChI=1S/C29H26F2N6O3S/c1-16-15-41-26(34-16)23-12-22(31)14-37(23)27(38)20-10-18(24-33-7-8-39-24)9-19(11-20)25-35-36-28(40-25)29(2,32)13-17-3-5-21(30)6-4-17/h3-11,15,22-23H,12-14,32H2,1-2H3/t22-,23+,29?/m0/s1. The molecule has 1 amide bonds. The Morgan fingerprint density at radius 3 is 2.61 bits per heavy atom. The lowest BCUT2D eigenvalue weighted by Crippen LogP contribution is -2.35. The fourth-order valence-corrected chi connectivity index (χ4v) is 5.89. The molecule has 1 aliphatic rings. The van der Waals surface area contributed by atoms with Gasteiger partial charge in [0.2, 0.25) is 17.7 Å². The van der Waals surface area contributed by atoms with E-state index in [1.165, 1.54) is 40.8 Å². The number of nitrogens with zero attached hydrogens (tertiary/aromatic N) is 5. The first-order chi connectivity index (χ1) is 19.7. The lowest BCUT2D eigenvalue weighted by molar-refractivity contribution is 0.0728. The van der Waals surface area contributed by atoms with E-state index in [1.54, 1.807) is 37.3 Å². The molecule has 2 N–H and O–H groups in total. The van der Waals surface area contributed by atoms with Crippen LogP contribution < -0.4 is 5.73 Å². The van der Waals surface area contributed by atoms with Crippen molar-refractivity contribution in [3.8, 4) is 22.9 Å². The lowest BCUT2D eigenvalue weighted by atomic mass is 9.94. The van der Waals surface area contributed by atoms with E-state index < -0.39 is 17.8 Å². The molecule has 1 unspecified atom stereocenters. The van der Waals surface area contributed by atoms with Gasteiger partial charge >= 0.3 is 0 Å². The first-order valence-electron chi connectivity index (χ1n) is 13.0. The zero-order chi connectivity index (χ0) is 28.7. The second kappa shape index (κ2) is 10.6. The number of hydrogen-bond acceptors (Lipinski definition) is 9. The van der Waals surface area contributed by atoms with E-state index in [9.17, 15) is 13.6 Å². The Labute approximate surface area is 238 Å². The molecule has 0 saturated carbocycles. The highest BCUT2D eigenvalue weighted by Crippen LogP contribution is 2.37. The monoisotopic (exact) mass is 576 g/mol. The summed E-state index contributed by atoms with van der Waals surface area (Å²) in [5.41, 5.74) is 8.35. The van der Waals surface area contributed by atoms with Crippen LogP contribution in [-0.2, 0) is 12.0 Å². The molecule has 12 heteroatoms. The SMILES string of the molecule is Cc1csc([C@H]2C[C@H](F)CN2C(=O)c2cc(-c3ncco3)cc(-c3nnc(C(C)(N)Cc4ccc(F)cc4)o3)c2)n1. The second-order valence-electron chi connectivity index (χ2n) is 10.4. The third-order valence-corrected chi connectivity index (χ3v) is 8.00. The van der Waals surface area contributed by atoms with Crippen LogP contribution in [0.2, 0.25) is 0 Å². The van der Waals surface area contributed by atoms with Gasteiger partial charge in [0, 0.05) is 34.2 Å². The van der Waals surface area contributed by atoms with Gasteiger partial charge in [0.15, 0.2) is 0 Å². The summed E-state index contributed by atoms with van der Waals surface area (Å²) in [5, 5.41) is 11.0. The number of nitrogens with two attached hydrogens (primary N) is 1. The minimum atomic E-state index is -1.16. The van der Waals surface area contributed by atoms with Crippen molar-refractivity contribution in [2.75, 3.05) is 6.54 Å². The predicted octanol–water partition coefficient (Wildman–Crippen LogP) is 5.64. The van der Waals surface area contributed by atoms with Crippen molar-refractivity contribution >= 4 is 17.2 Å². The predicted molar refractivity (Wildman–Crippen MR) is 147 cm³/mol. The molecule has 2 aromatic carbocycles. The summed E-state index contributed by atoms with van der Waals surface area (Å²) in [7, 11) is 0. The Morgan fingerprint density at radius 2 is 1.93 bits per heavy atom. The van der Waals surface area contributed by atoms with Gasteiger partial charge < -0.3 is 19.5 Å². The van der Waals surface area contributed by atoms with Crippen molar-refractivity contribution in [3.63, 3.8) is 0 Å². The van der Waals surface area contributed by atoms with Crippen molar-refractivity contribution in [2.45, 2.75) is 44.4 Å². The van der Waals surface area contributed by atoms with Crippen LogP contribution in [0.1, 0.15) is 51.9 Å². The number of rotatable bonds is 7. The quantitative estimate of drug-likeness (QED) is 0.264. The van der Waals surface area contributed by atoms with E-state index in [2.05, 4.69) is 20.2 Å². The highest BCUT2D eigenvalue weighted by Gasteiger charge is 2.39. The number of alkyl halides is 1. The molecule has 1 saturated heterocycles. The van der Waals surface area contributed by atoms with E-state index in [0.717, 1.165) is 11.3 Å². The maximum absolute atomic E-state index is 14.6. The van der Waals surface area contributed by atoms with Gasteiger partial charge in [0.25, 0.3) is 5.91 Å². The zero-order valence-corrected chi connectivity index (χ0v) is 23.1. The fourth-order valence-electron chi connectivity index (χ4n) is 4.97. The van der Waals surface area contributed by atoms with Crippen molar-refractivity contribution in [1.82, 2.24) is 25.1 Å². The van der Waals surface area contributed by atoms with E-state index in [0.29, 0.717) is 22.6 Å². The van der Waals surface area contributed by atoms with Gasteiger partial charge in [-0.1, -0.05) is 12.1 Å². The molecule has 0 aliphatic carbocycles. The molecule has 41 heavy (non-hydrogen) atoms. The molecule has 9 nitrogen and oxygen atoms in total. The number of aryl methyl sites for hydroxylation is 1. The smallest absolute Gasteiger partial charge is 0.254 e. The lowest BCUT2D eigenvalue weighted by Gasteiger charge is -2.23. The molecule has 3 atom stereocenters. The molecule has 0 radical (unpaired) electrons. The molecule has 210 valence electrons. The maximum atomic E-state index is 14.6. The molecule has 5 aromatic rings. The number of likely N-dealkylation sites (tertiary alicyclic amines) is 1. The average molecular weight is 577 g/mol. The molecule has 4 heterocycles. The Kier molecular flexibility index (Phi) is 6.96. The van der Waals surface area contributed by atoms with Gasteiger partial charge in [0.05, 0.1) is 24.3 Å². The third-order valence-electron chi connectivity index (χ3n) is 6.94. The number of amides is 1. The number of oxazole rings is 1. The minimum absolute atomic E-state index is 0.0414. The molecule has 3 aromatic heterocycles. The minimum Gasteiger partial charge on any atom is -0.445 e. The largest absolute Gasteiger partial charge is 0.445 e. The van der Waals surface area contributed by atoms with Crippen molar-refractivity contribution in [3.05, 3.63) is 93.8 Å². The molecule has 1 fully saturated rings. The number of thiazole rings is 1. The highest BCUT2D eigenvalue weighted by molar-refractivity contribution is 7.09.